The summed E-state index contributed by atoms with van der Waals surface area (Å²) in [5.41, 5.74) is 2.83. The molecule has 0 N–H and O–H groups in total. The normalized spacial score (nSPS) is 24.2. The first-order valence-electron chi connectivity index (χ1n) is 11.2. The zero-order valence-corrected chi connectivity index (χ0v) is 17.7. The number of likely N-dealkylation sites (tertiary alicyclic amines) is 1. The minimum atomic E-state index is 0.000282. The molecule has 5 heterocycles. The topological polar surface area (TPSA) is 76.4 Å². The van der Waals surface area contributed by atoms with Crippen LogP contribution in [0.25, 0.3) is 11.3 Å². The highest BCUT2D eigenvalue weighted by Gasteiger charge is 2.35. The van der Waals surface area contributed by atoms with Crippen LogP contribution < -0.4 is 4.90 Å². The lowest BCUT2D eigenvalue weighted by atomic mass is 10.0. The van der Waals surface area contributed by atoms with Crippen LogP contribution in [0.2, 0.25) is 0 Å². The van der Waals surface area contributed by atoms with E-state index in [9.17, 15) is 4.79 Å². The van der Waals surface area contributed by atoms with Gasteiger partial charge in [0, 0.05) is 51.2 Å². The molecule has 0 radical (unpaired) electrons. The molecule has 160 valence electrons. The monoisotopic (exact) mass is 410 g/mol. The molecule has 0 aromatic carbocycles. The Morgan fingerprint density at radius 3 is 2.83 bits per heavy atom. The number of carbonyl (C=O) groups excluding carboxylic acids is 1. The highest BCUT2D eigenvalue weighted by atomic mass is 16.5. The summed E-state index contributed by atoms with van der Waals surface area (Å²) in [4.78, 5) is 26.7. The van der Waals surface area contributed by atoms with E-state index in [1.807, 2.05) is 35.1 Å². The van der Waals surface area contributed by atoms with E-state index in [-0.39, 0.29) is 18.1 Å². The van der Waals surface area contributed by atoms with Crippen LogP contribution in [-0.2, 0) is 16.6 Å². The minimum absolute atomic E-state index is 0.000282. The summed E-state index contributed by atoms with van der Waals surface area (Å²) < 4.78 is 7.53. The van der Waals surface area contributed by atoms with E-state index in [4.69, 9.17) is 14.8 Å². The van der Waals surface area contributed by atoms with Crippen LogP contribution in [0.15, 0.2) is 18.5 Å². The molecule has 0 unspecified atom stereocenters. The van der Waals surface area contributed by atoms with Crippen LogP contribution in [0.3, 0.4) is 0 Å². The Morgan fingerprint density at radius 1 is 1.17 bits per heavy atom. The van der Waals surface area contributed by atoms with Gasteiger partial charge in [-0.2, -0.15) is 5.10 Å². The molecule has 3 saturated heterocycles. The summed E-state index contributed by atoms with van der Waals surface area (Å²) in [5, 5.41) is 4.78. The number of anilines is 1. The molecule has 2 atom stereocenters. The molecule has 1 amide bonds. The highest BCUT2D eigenvalue weighted by molar-refractivity contribution is 5.78. The third-order valence-corrected chi connectivity index (χ3v) is 6.48. The molecule has 30 heavy (non-hydrogen) atoms. The third-order valence-electron chi connectivity index (χ3n) is 6.48. The fraction of sp³-hybridized carbons (Fsp3) is 0.636. The van der Waals surface area contributed by atoms with Gasteiger partial charge in [0.05, 0.1) is 30.0 Å². The lowest BCUT2D eigenvalue weighted by Gasteiger charge is -2.25. The fourth-order valence-electron chi connectivity index (χ4n) is 4.98. The summed E-state index contributed by atoms with van der Waals surface area (Å²) in [6.07, 6.45) is 10.8. The molecule has 2 aromatic heterocycles. The lowest BCUT2D eigenvalue weighted by molar-refractivity contribution is -0.134. The van der Waals surface area contributed by atoms with Crippen LogP contribution in [-0.4, -0.2) is 62.9 Å². The van der Waals surface area contributed by atoms with Crippen molar-refractivity contribution in [3.63, 3.8) is 0 Å². The molecule has 0 saturated carbocycles. The Bertz CT molecular complexity index is 901. The van der Waals surface area contributed by atoms with Gasteiger partial charge >= 0.3 is 0 Å². The predicted molar refractivity (Wildman–Crippen MR) is 113 cm³/mol. The highest BCUT2D eigenvalue weighted by Crippen LogP contribution is 2.37. The number of hydrogen-bond donors (Lipinski definition) is 0. The molecule has 0 bridgehead atoms. The fourth-order valence-corrected chi connectivity index (χ4v) is 4.98. The third kappa shape index (κ3) is 3.80. The van der Waals surface area contributed by atoms with Gasteiger partial charge < -0.3 is 14.5 Å². The number of nitrogens with zero attached hydrogens (tertiary/aromatic N) is 6. The first kappa shape index (κ1) is 19.5. The van der Waals surface area contributed by atoms with E-state index in [0.717, 1.165) is 74.8 Å². The lowest BCUT2D eigenvalue weighted by Crippen LogP contribution is -2.33. The van der Waals surface area contributed by atoms with Crippen molar-refractivity contribution in [2.24, 2.45) is 7.05 Å². The van der Waals surface area contributed by atoms with Gasteiger partial charge in [0.25, 0.3) is 0 Å². The maximum atomic E-state index is 13.0. The van der Waals surface area contributed by atoms with Crippen LogP contribution >= 0.6 is 0 Å². The molecule has 3 aliphatic heterocycles. The van der Waals surface area contributed by atoms with E-state index < -0.39 is 0 Å². The SMILES string of the molecule is Cn1cc(-c2ccnc(N3CCCC3)n2)c([C@H]2CCCN2C(=O)C[C@@H]2CCCO2)n1. The van der Waals surface area contributed by atoms with Crippen molar-refractivity contribution < 1.29 is 9.53 Å². The van der Waals surface area contributed by atoms with Gasteiger partial charge in [0.15, 0.2) is 0 Å². The maximum Gasteiger partial charge on any atom is 0.225 e. The number of carbonyl (C=O) groups is 1. The smallest absolute Gasteiger partial charge is 0.225 e. The zero-order valence-electron chi connectivity index (χ0n) is 17.7. The van der Waals surface area contributed by atoms with Crippen molar-refractivity contribution >= 4 is 11.9 Å². The molecule has 5 rings (SSSR count). The Hall–Kier alpha value is -2.48. The maximum absolute atomic E-state index is 13.0. The number of amides is 1. The van der Waals surface area contributed by atoms with Gasteiger partial charge in [-0.15, -0.1) is 0 Å². The summed E-state index contributed by atoms with van der Waals surface area (Å²) in [6.45, 7) is 3.59. The summed E-state index contributed by atoms with van der Waals surface area (Å²) in [7, 11) is 1.93. The Morgan fingerprint density at radius 2 is 2.03 bits per heavy atom. The van der Waals surface area contributed by atoms with E-state index in [0.29, 0.717) is 6.42 Å². The zero-order chi connectivity index (χ0) is 20.5. The van der Waals surface area contributed by atoms with Gasteiger partial charge in [-0.25, -0.2) is 9.97 Å². The second kappa shape index (κ2) is 8.34. The standard InChI is InChI=1S/C22H30N6O2/c1-26-15-17(18-8-9-23-22(24-18)27-10-2-3-11-27)21(25-26)19-7-4-12-28(19)20(29)14-16-6-5-13-30-16/h8-9,15-16,19H,2-7,10-14H2,1H3/t16-,19+/m0/s1. The van der Waals surface area contributed by atoms with E-state index in [1.54, 1.807) is 0 Å². The summed E-state index contributed by atoms with van der Waals surface area (Å²) >= 11 is 0. The molecule has 8 nitrogen and oxygen atoms in total. The first-order chi connectivity index (χ1) is 14.7. The van der Waals surface area contributed by atoms with Crippen molar-refractivity contribution in [1.29, 1.82) is 0 Å². The van der Waals surface area contributed by atoms with Gasteiger partial charge in [-0.3, -0.25) is 9.48 Å². The summed E-state index contributed by atoms with van der Waals surface area (Å²) in [5.74, 6) is 0.971. The molecule has 3 aliphatic rings. The van der Waals surface area contributed by atoms with E-state index in [1.165, 1.54) is 12.8 Å². The van der Waals surface area contributed by atoms with Gasteiger partial charge in [-0.05, 0) is 44.6 Å². The number of ether oxygens (including phenoxy) is 1. The molecule has 0 spiro atoms. The Balaban J connectivity index is 1.41. The van der Waals surface area contributed by atoms with Crippen LogP contribution in [0, 0.1) is 0 Å². The van der Waals surface area contributed by atoms with Crippen molar-refractivity contribution in [2.75, 3.05) is 31.1 Å². The van der Waals surface area contributed by atoms with E-state index in [2.05, 4.69) is 9.88 Å². The number of aromatic nitrogens is 4. The minimum Gasteiger partial charge on any atom is -0.378 e. The Kier molecular flexibility index (Phi) is 5.41. The molecule has 0 aliphatic carbocycles. The quantitative estimate of drug-likeness (QED) is 0.754. The van der Waals surface area contributed by atoms with Gasteiger partial charge in [-0.1, -0.05) is 0 Å². The second-order valence-corrected chi connectivity index (χ2v) is 8.62. The van der Waals surface area contributed by atoms with Gasteiger partial charge in [0.1, 0.15) is 0 Å². The number of rotatable bonds is 5. The number of hydrogen-bond acceptors (Lipinski definition) is 6. The predicted octanol–water partition coefficient (Wildman–Crippen LogP) is 2.71. The molecule has 8 heteroatoms. The van der Waals surface area contributed by atoms with Crippen molar-refractivity contribution in [1.82, 2.24) is 24.6 Å². The van der Waals surface area contributed by atoms with Gasteiger partial charge in [0.2, 0.25) is 11.9 Å². The molecular weight excluding hydrogens is 380 g/mol. The average molecular weight is 411 g/mol. The number of aryl methyl sites for hydroxylation is 1. The van der Waals surface area contributed by atoms with Crippen LogP contribution in [0.1, 0.15) is 56.7 Å². The van der Waals surface area contributed by atoms with Crippen molar-refractivity contribution in [2.45, 2.75) is 57.1 Å². The van der Waals surface area contributed by atoms with Crippen LogP contribution in [0.5, 0.6) is 0 Å². The molecular formula is C22H30N6O2. The van der Waals surface area contributed by atoms with Crippen molar-refractivity contribution in [3.05, 3.63) is 24.2 Å². The van der Waals surface area contributed by atoms with Crippen molar-refractivity contribution in [3.8, 4) is 11.3 Å². The molecule has 3 fully saturated rings. The average Bonchev–Trinajstić information content (AvgIpc) is 3.54. The first-order valence-corrected chi connectivity index (χ1v) is 11.2. The largest absolute Gasteiger partial charge is 0.378 e. The summed E-state index contributed by atoms with van der Waals surface area (Å²) in [6, 6.07) is 1.95. The second-order valence-electron chi connectivity index (χ2n) is 8.62. The molecule has 2 aromatic rings. The van der Waals surface area contributed by atoms with Crippen LogP contribution in [0.4, 0.5) is 5.95 Å². The van der Waals surface area contributed by atoms with E-state index >= 15 is 0 Å². The Labute approximate surface area is 177 Å².